The molecule has 4 rings (SSSR count). The van der Waals surface area contributed by atoms with Gasteiger partial charge in [0.1, 0.15) is 29.4 Å². The Morgan fingerprint density at radius 2 is 1.79 bits per heavy atom. The number of ketones is 2. The molecule has 0 aliphatic carbocycles. The third kappa shape index (κ3) is 3.92. The first kappa shape index (κ1) is 22.4. The molecule has 2 unspecified atom stereocenters. The molecule has 1 aliphatic heterocycles. The van der Waals surface area contributed by atoms with Gasteiger partial charge in [0.25, 0.3) is 5.91 Å². The molecule has 1 aromatic heterocycles. The van der Waals surface area contributed by atoms with Gasteiger partial charge in [0.2, 0.25) is 5.78 Å². The Morgan fingerprint density at radius 1 is 1.09 bits per heavy atom. The number of amides is 1. The molecule has 0 radical (unpaired) electrons. The van der Waals surface area contributed by atoms with E-state index in [1.165, 1.54) is 36.5 Å². The number of rotatable bonds is 5. The maximum absolute atomic E-state index is 14.3. The minimum absolute atomic E-state index is 0.250. The summed E-state index contributed by atoms with van der Waals surface area (Å²) in [6, 6.07) is 11.2. The van der Waals surface area contributed by atoms with E-state index < -0.39 is 40.7 Å². The third-order valence-electron chi connectivity index (χ3n) is 5.72. The Balaban J connectivity index is 1.87. The number of ether oxygens (including phenoxy) is 1. The van der Waals surface area contributed by atoms with Gasteiger partial charge in [-0.1, -0.05) is 38.1 Å². The molecule has 170 valence electrons. The summed E-state index contributed by atoms with van der Waals surface area (Å²) in [5, 5.41) is 3.89. The lowest BCUT2D eigenvalue weighted by Crippen LogP contribution is -2.36. The Labute approximate surface area is 190 Å². The van der Waals surface area contributed by atoms with Crippen LogP contribution in [0.3, 0.4) is 0 Å². The Hall–Kier alpha value is -3.81. The smallest absolute Gasteiger partial charge is 0.295 e. The maximum atomic E-state index is 14.3. The standard InChI is InChI=1S/C25H23FN2O5/c1-25(2,3)23(30)20-21(17-13-15(26)7-10-19(17)32-4)28(24(31)22(20)29)16-8-5-14(6-9-16)18-11-12-33-27-18/h5-13,20-21H,1-4H3. The Kier molecular flexibility index (Phi) is 5.61. The zero-order valence-corrected chi connectivity index (χ0v) is 18.7. The number of hydrogen-bond acceptors (Lipinski definition) is 6. The van der Waals surface area contributed by atoms with E-state index in [0.717, 1.165) is 5.56 Å². The van der Waals surface area contributed by atoms with E-state index >= 15 is 0 Å². The average molecular weight is 450 g/mol. The summed E-state index contributed by atoms with van der Waals surface area (Å²) in [7, 11) is 1.41. The molecular formula is C25H23FN2O5. The van der Waals surface area contributed by atoms with Crippen LogP contribution < -0.4 is 9.64 Å². The lowest BCUT2D eigenvalue weighted by molar-refractivity contribution is -0.141. The van der Waals surface area contributed by atoms with Gasteiger partial charge in [-0.05, 0) is 30.3 Å². The topological polar surface area (TPSA) is 89.7 Å². The highest BCUT2D eigenvalue weighted by Gasteiger charge is 2.54. The number of benzene rings is 2. The zero-order valence-electron chi connectivity index (χ0n) is 18.7. The van der Waals surface area contributed by atoms with Gasteiger partial charge < -0.3 is 9.26 Å². The number of aromatic nitrogens is 1. The highest BCUT2D eigenvalue weighted by molar-refractivity contribution is 6.48. The van der Waals surface area contributed by atoms with Crippen molar-refractivity contribution in [1.82, 2.24) is 5.16 Å². The molecule has 3 aromatic rings. The van der Waals surface area contributed by atoms with Crippen molar-refractivity contribution in [1.29, 1.82) is 0 Å². The van der Waals surface area contributed by atoms with E-state index in [-0.39, 0.29) is 11.3 Å². The zero-order chi connectivity index (χ0) is 23.9. The van der Waals surface area contributed by atoms with Gasteiger partial charge in [0, 0.05) is 28.3 Å². The van der Waals surface area contributed by atoms with Crippen LogP contribution in [-0.4, -0.2) is 29.7 Å². The fraction of sp³-hybridized carbons (Fsp3) is 0.280. The fourth-order valence-electron chi connectivity index (χ4n) is 4.09. The van der Waals surface area contributed by atoms with Crippen LogP contribution in [0.25, 0.3) is 11.3 Å². The maximum Gasteiger partial charge on any atom is 0.295 e. The predicted octanol–water partition coefficient (Wildman–Crippen LogP) is 4.38. The molecule has 33 heavy (non-hydrogen) atoms. The second kappa shape index (κ2) is 8.27. The predicted molar refractivity (Wildman–Crippen MR) is 118 cm³/mol. The average Bonchev–Trinajstić information content (AvgIpc) is 3.40. The first-order valence-electron chi connectivity index (χ1n) is 10.4. The number of nitrogens with zero attached hydrogens (tertiary/aromatic N) is 2. The molecule has 2 aromatic carbocycles. The van der Waals surface area contributed by atoms with Crippen molar-refractivity contribution >= 4 is 23.2 Å². The number of carbonyl (C=O) groups is 3. The number of anilines is 1. The molecular weight excluding hydrogens is 427 g/mol. The van der Waals surface area contributed by atoms with Crippen LogP contribution in [0.4, 0.5) is 10.1 Å². The SMILES string of the molecule is COc1ccc(F)cc1C1C(C(=O)C(C)(C)C)C(=O)C(=O)N1c1ccc(-c2ccon2)cc1. The van der Waals surface area contributed by atoms with E-state index in [1.807, 2.05) is 0 Å². The van der Waals surface area contributed by atoms with Crippen molar-refractivity contribution in [2.24, 2.45) is 11.3 Å². The number of methoxy groups -OCH3 is 1. The van der Waals surface area contributed by atoms with Crippen molar-refractivity contribution in [2.45, 2.75) is 26.8 Å². The van der Waals surface area contributed by atoms with Crippen molar-refractivity contribution < 1.29 is 28.0 Å². The van der Waals surface area contributed by atoms with E-state index in [0.29, 0.717) is 11.4 Å². The molecule has 1 fully saturated rings. The van der Waals surface area contributed by atoms with Crippen LogP contribution in [0.5, 0.6) is 5.75 Å². The molecule has 1 amide bonds. The van der Waals surface area contributed by atoms with Crippen molar-refractivity contribution in [3.63, 3.8) is 0 Å². The largest absolute Gasteiger partial charge is 0.496 e. The lowest BCUT2D eigenvalue weighted by Gasteiger charge is -2.30. The van der Waals surface area contributed by atoms with E-state index in [1.54, 1.807) is 51.1 Å². The second-order valence-electron chi connectivity index (χ2n) is 8.89. The van der Waals surface area contributed by atoms with Gasteiger partial charge in [-0.15, -0.1) is 0 Å². The molecule has 2 heterocycles. The number of carbonyl (C=O) groups excluding carboxylic acids is 3. The minimum Gasteiger partial charge on any atom is -0.496 e. The summed E-state index contributed by atoms with van der Waals surface area (Å²) in [5.41, 5.74) is 1.09. The van der Waals surface area contributed by atoms with Gasteiger partial charge in [-0.2, -0.15) is 0 Å². The Morgan fingerprint density at radius 3 is 2.36 bits per heavy atom. The number of halogens is 1. The van der Waals surface area contributed by atoms with Gasteiger partial charge in [-0.3, -0.25) is 19.3 Å². The van der Waals surface area contributed by atoms with Crippen LogP contribution in [-0.2, 0) is 14.4 Å². The number of Topliss-reactive ketones (excluding diaryl/α,β-unsaturated/α-hetero) is 2. The van der Waals surface area contributed by atoms with Gasteiger partial charge in [0.15, 0.2) is 5.78 Å². The highest BCUT2D eigenvalue weighted by Crippen LogP contribution is 2.45. The molecule has 0 N–H and O–H groups in total. The molecule has 1 aliphatic rings. The minimum atomic E-state index is -1.30. The van der Waals surface area contributed by atoms with Crippen molar-refractivity contribution in [2.75, 3.05) is 12.0 Å². The van der Waals surface area contributed by atoms with Crippen LogP contribution in [0, 0.1) is 17.2 Å². The number of hydrogen-bond donors (Lipinski definition) is 0. The lowest BCUT2D eigenvalue weighted by atomic mass is 9.77. The summed E-state index contributed by atoms with van der Waals surface area (Å²) in [6.45, 7) is 5.05. The van der Waals surface area contributed by atoms with Gasteiger partial charge in [-0.25, -0.2) is 4.39 Å². The molecule has 2 atom stereocenters. The van der Waals surface area contributed by atoms with Crippen LogP contribution in [0.2, 0.25) is 0 Å². The summed E-state index contributed by atoms with van der Waals surface area (Å²) in [5.74, 6) is -3.65. The van der Waals surface area contributed by atoms with Gasteiger partial charge >= 0.3 is 0 Å². The first-order valence-corrected chi connectivity index (χ1v) is 10.4. The first-order chi connectivity index (χ1) is 15.6. The molecule has 1 saturated heterocycles. The summed E-state index contributed by atoms with van der Waals surface area (Å²) < 4.78 is 24.6. The van der Waals surface area contributed by atoms with Crippen LogP contribution in [0.1, 0.15) is 32.4 Å². The molecule has 0 saturated carbocycles. The van der Waals surface area contributed by atoms with Crippen molar-refractivity contribution in [3.8, 4) is 17.0 Å². The van der Waals surface area contributed by atoms with E-state index in [9.17, 15) is 18.8 Å². The van der Waals surface area contributed by atoms with Crippen LogP contribution >= 0.6 is 0 Å². The summed E-state index contributed by atoms with van der Waals surface area (Å²) in [4.78, 5) is 40.9. The Bertz CT molecular complexity index is 1210. The monoisotopic (exact) mass is 450 g/mol. The van der Waals surface area contributed by atoms with E-state index in [2.05, 4.69) is 5.16 Å². The molecule has 0 bridgehead atoms. The quantitative estimate of drug-likeness (QED) is 0.423. The van der Waals surface area contributed by atoms with Gasteiger partial charge in [0.05, 0.1) is 13.2 Å². The highest BCUT2D eigenvalue weighted by atomic mass is 19.1. The normalized spacial score (nSPS) is 18.6. The molecule has 7 nitrogen and oxygen atoms in total. The summed E-state index contributed by atoms with van der Waals surface area (Å²) >= 11 is 0. The van der Waals surface area contributed by atoms with Crippen molar-refractivity contribution in [3.05, 3.63) is 66.2 Å². The second-order valence-corrected chi connectivity index (χ2v) is 8.89. The van der Waals surface area contributed by atoms with Crippen LogP contribution in [0.15, 0.2) is 59.3 Å². The summed E-state index contributed by atoms with van der Waals surface area (Å²) in [6.07, 6.45) is 1.45. The molecule has 8 heteroatoms. The fourth-order valence-corrected chi connectivity index (χ4v) is 4.09. The molecule has 0 spiro atoms. The van der Waals surface area contributed by atoms with E-state index in [4.69, 9.17) is 9.26 Å². The third-order valence-corrected chi connectivity index (χ3v) is 5.72.